The summed E-state index contributed by atoms with van der Waals surface area (Å²) in [5.74, 6) is 0.658. The molecule has 19 heavy (non-hydrogen) atoms. The minimum atomic E-state index is -0.222. The zero-order chi connectivity index (χ0) is 13.9. The summed E-state index contributed by atoms with van der Waals surface area (Å²) in [5, 5.41) is 3.50. The fourth-order valence-corrected chi connectivity index (χ4v) is 3.07. The summed E-state index contributed by atoms with van der Waals surface area (Å²) in [6, 6.07) is 0. The number of carbonyl (C=O) groups is 1. The van der Waals surface area contributed by atoms with Crippen LogP contribution in [0.5, 0.6) is 0 Å². The van der Waals surface area contributed by atoms with E-state index in [2.05, 4.69) is 19.2 Å². The Balaban J connectivity index is 1.76. The Morgan fingerprint density at radius 2 is 2.00 bits per heavy atom. The van der Waals surface area contributed by atoms with Crippen LogP contribution in [0.15, 0.2) is 0 Å². The van der Waals surface area contributed by atoms with E-state index in [4.69, 9.17) is 9.47 Å². The Labute approximate surface area is 116 Å². The fourth-order valence-electron chi connectivity index (χ4n) is 3.07. The largest absolute Gasteiger partial charge is 0.469 e. The van der Waals surface area contributed by atoms with Crippen LogP contribution in [0.4, 0.5) is 0 Å². The highest BCUT2D eigenvalue weighted by atomic mass is 16.5. The van der Waals surface area contributed by atoms with Crippen molar-refractivity contribution in [3.8, 4) is 0 Å². The van der Waals surface area contributed by atoms with Crippen molar-refractivity contribution in [2.75, 3.05) is 33.4 Å². The van der Waals surface area contributed by atoms with E-state index < -0.39 is 0 Å². The van der Waals surface area contributed by atoms with E-state index in [1.54, 1.807) is 0 Å². The zero-order valence-corrected chi connectivity index (χ0v) is 12.5. The van der Waals surface area contributed by atoms with E-state index in [9.17, 15) is 4.79 Å². The lowest BCUT2D eigenvalue weighted by molar-refractivity contribution is -0.146. The van der Waals surface area contributed by atoms with Gasteiger partial charge in [0.2, 0.25) is 0 Å². The molecule has 0 aromatic heterocycles. The number of carbonyl (C=O) groups excluding carboxylic acids is 1. The van der Waals surface area contributed by atoms with Crippen LogP contribution in [-0.4, -0.2) is 39.4 Å². The Hall–Kier alpha value is -0.610. The van der Waals surface area contributed by atoms with Gasteiger partial charge in [-0.15, -0.1) is 0 Å². The molecule has 0 unspecified atom stereocenters. The van der Waals surface area contributed by atoms with Crippen LogP contribution in [0.1, 0.15) is 39.5 Å². The molecule has 0 radical (unpaired) electrons. The molecule has 110 valence electrons. The van der Waals surface area contributed by atoms with Crippen LogP contribution in [0.3, 0.4) is 0 Å². The van der Waals surface area contributed by atoms with E-state index >= 15 is 0 Å². The van der Waals surface area contributed by atoms with Gasteiger partial charge in [0.05, 0.1) is 12.5 Å². The summed E-state index contributed by atoms with van der Waals surface area (Å²) >= 11 is 0. The monoisotopic (exact) mass is 269 g/mol. The topological polar surface area (TPSA) is 47.6 Å². The molecule has 0 amide bonds. The maximum Gasteiger partial charge on any atom is 0.313 e. The van der Waals surface area contributed by atoms with Gasteiger partial charge in [-0.1, -0.05) is 13.8 Å². The molecular formula is C15H27NO3. The molecule has 4 heteroatoms. The first-order chi connectivity index (χ1) is 9.00. The second-order valence-corrected chi connectivity index (χ2v) is 6.75. The quantitative estimate of drug-likeness (QED) is 0.749. The summed E-state index contributed by atoms with van der Waals surface area (Å²) in [5.41, 5.74) is 0.0382. The lowest BCUT2D eigenvalue weighted by Gasteiger charge is -2.37. The highest BCUT2D eigenvalue weighted by Crippen LogP contribution is 2.46. The first-order valence-electron chi connectivity index (χ1n) is 7.37. The third kappa shape index (κ3) is 3.48. The van der Waals surface area contributed by atoms with Gasteiger partial charge in [0.1, 0.15) is 0 Å². The van der Waals surface area contributed by atoms with Crippen molar-refractivity contribution in [1.29, 1.82) is 0 Å². The van der Waals surface area contributed by atoms with Crippen molar-refractivity contribution in [1.82, 2.24) is 5.32 Å². The number of methoxy groups -OCH3 is 1. The minimum absolute atomic E-state index is 0.0520. The first kappa shape index (κ1) is 14.8. The van der Waals surface area contributed by atoms with Crippen molar-refractivity contribution >= 4 is 5.97 Å². The predicted octanol–water partition coefficient (Wildman–Crippen LogP) is 1.98. The van der Waals surface area contributed by atoms with Crippen molar-refractivity contribution in [3.63, 3.8) is 0 Å². The molecule has 0 spiro atoms. The second-order valence-electron chi connectivity index (χ2n) is 6.75. The molecule has 2 fully saturated rings. The van der Waals surface area contributed by atoms with E-state index in [0.717, 1.165) is 52.0 Å². The second kappa shape index (κ2) is 5.80. The predicted molar refractivity (Wildman–Crippen MR) is 73.9 cm³/mol. The summed E-state index contributed by atoms with van der Waals surface area (Å²) in [4.78, 5) is 11.7. The molecule has 1 aliphatic carbocycles. The Bertz CT molecular complexity index is 317. The number of ether oxygens (including phenoxy) is 2. The maximum absolute atomic E-state index is 11.7. The highest BCUT2D eigenvalue weighted by molar-refractivity contribution is 5.80. The molecule has 1 saturated heterocycles. The Morgan fingerprint density at radius 1 is 1.37 bits per heavy atom. The van der Waals surface area contributed by atoms with Crippen LogP contribution in [0, 0.1) is 16.7 Å². The molecule has 0 bridgehead atoms. The number of hydrogen-bond acceptors (Lipinski definition) is 4. The number of esters is 1. The van der Waals surface area contributed by atoms with Crippen molar-refractivity contribution in [3.05, 3.63) is 0 Å². The SMILES string of the molecule is COC(=O)C1(CNCC(C)(C)C2CCOCC2)CC1. The lowest BCUT2D eigenvalue weighted by atomic mass is 9.74. The molecule has 0 atom stereocenters. The van der Waals surface area contributed by atoms with E-state index in [-0.39, 0.29) is 16.8 Å². The molecule has 4 nitrogen and oxygen atoms in total. The van der Waals surface area contributed by atoms with Gasteiger partial charge in [-0.2, -0.15) is 0 Å². The summed E-state index contributed by atoms with van der Waals surface area (Å²) in [6.45, 7) is 8.12. The molecule has 1 saturated carbocycles. The Kier molecular flexibility index (Phi) is 4.51. The van der Waals surface area contributed by atoms with E-state index in [0.29, 0.717) is 5.92 Å². The van der Waals surface area contributed by atoms with E-state index in [1.807, 2.05) is 0 Å². The van der Waals surface area contributed by atoms with Gasteiger partial charge in [-0.3, -0.25) is 4.79 Å². The summed E-state index contributed by atoms with van der Waals surface area (Å²) < 4.78 is 10.3. The smallest absolute Gasteiger partial charge is 0.313 e. The van der Waals surface area contributed by atoms with Crippen LogP contribution in [-0.2, 0) is 14.3 Å². The van der Waals surface area contributed by atoms with Gasteiger partial charge < -0.3 is 14.8 Å². The van der Waals surface area contributed by atoms with Crippen LogP contribution in [0.2, 0.25) is 0 Å². The molecular weight excluding hydrogens is 242 g/mol. The fraction of sp³-hybridized carbons (Fsp3) is 0.933. The molecule has 1 heterocycles. The van der Waals surface area contributed by atoms with Crippen molar-refractivity contribution in [2.45, 2.75) is 39.5 Å². The van der Waals surface area contributed by atoms with E-state index in [1.165, 1.54) is 7.11 Å². The minimum Gasteiger partial charge on any atom is -0.469 e. The lowest BCUT2D eigenvalue weighted by Crippen LogP contribution is -2.41. The number of hydrogen-bond donors (Lipinski definition) is 1. The number of rotatable bonds is 6. The molecule has 0 aromatic rings. The first-order valence-corrected chi connectivity index (χ1v) is 7.37. The van der Waals surface area contributed by atoms with Gasteiger partial charge in [-0.25, -0.2) is 0 Å². The van der Waals surface area contributed by atoms with Gasteiger partial charge in [0.25, 0.3) is 0 Å². The third-order valence-corrected chi connectivity index (χ3v) is 4.84. The Morgan fingerprint density at radius 3 is 2.53 bits per heavy atom. The van der Waals surface area contributed by atoms with Gasteiger partial charge in [-0.05, 0) is 37.0 Å². The van der Waals surface area contributed by atoms with Crippen LogP contribution in [0.25, 0.3) is 0 Å². The van der Waals surface area contributed by atoms with Crippen molar-refractivity contribution < 1.29 is 14.3 Å². The molecule has 2 rings (SSSR count). The van der Waals surface area contributed by atoms with Gasteiger partial charge in [0.15, 0.2) is 0 Å². The van der Waals surface area contributed by atoms with Gasteiger partial charge in [0, 0.05) is 26.3 Å². The average molecular weight is 269 g/mol. The average Bonchev–Trinajstić information content (AvgIpc) is 3.20. The summed E-state index contributed by atoms with van der Waals surface area (Å²) in [7, 11) is 1.48. The highest BCUT2D eigenvalue weighted by Gasteiger charge is 2.50. The molecule has 0 aromatic carbocycles. The molecule has 1 N–H and O–H groups in total. The maximum atomic E-state index is 11.7. The van der Waals surface area contributed by atoms with Crippen molar-refractivity contribution in [2.24, 2.45) is 16.7 Å². The normalized spacial score (nSPS) is 23.1. The van der Waals surface area contributed by atoms with Crippen LogP contribution < -0.4 is 5.32 Å². The standard InChI is InChI=1S/C15H27NO3/c1-14(2,12-4-8-19-9-5-12)10-16-11-15(6-7-15)13(17)18-3/h12,16H,4-11H2,1-3H3. The number of nitrogens with one attached hydrogen (secondary N) is 1. The van der Waals surface area contributed by atoms with Crippen LogP contribution >= 0.6 is 0 Å². The summed E-state index contributed by atoms with van der Waals surface area (Å²) in [6.07, 6.45) is 4.22. The molecule has 2 aliphatic rings. The molecule has 1 aliphatic heterocycles. The zero-order valence-electron chi connectivity index (χ0n) is 12.5. The van der Waals surface area contributed by atoms with Gasteiger partial charge >= 0.3 is 5.97 Å². The third-order valence-electron chi connectivity index (χ3n) is 4.84.